The third-order valence-corrected chi connectivity index (χ3v) is 5.92. The van der Waals surface area contributed by atoms with Gasteiger partial charge < -0.3 is 14.5 Å². The quantitative estimate of drug-likeness (QED) is 0.800. The molecule has 4 rings (SSSR count). The zero-order valence-corrected chi connectivity index (χ0v) is 17.5. The van der Waals surface area contributed by atoms with Crippen LogP contribution in [0.25, 0.3) is 0 Å². The van der Waals surface area contributed by atoms with Crippen LogP contribution in [0, 0.1) is 0 Å². The van der Waals surface area contributed by atoms with E-state index >= 15 is 0 Å². The summed E-state index contributed by atoms with van der Waals surface area (Å²) in [6.45, 7) is 8.65. The first-order valence-corrected chi connectivity index (χ1v) is 10.6. The SMILES string of the molecule is C[C@@H]1CN(C(=O)c2ccc(CN3CCN(C)CC3)cc2)C[C@@H](c2ccccc2)O1. The average Bonchev–Trinajstić information content (AvgIpc) is 2.75. The van der Waals surface area contributed by atoms with Crippen LogP contribution in [0.2, 0.25) is 0 Å². The van der Waals surface area contributed by atoms with Crippen LogP contribution in [-0.2, 0) is 11.3 Å². The monoisotopic (exact) mass is 393 g/mol. The second-order valence-electron chi connectivity index (χ2n) is 8.33. The van der Waals surface area contributed by atoms with Crippen molar-refractivity contribution in [2.24, 2.45) is 0 Å². The van der Waals surface area contributed by atoms with E-state index in [-0.39, 0.29) is 18.1 Å². The van der Waals surface area contributed by atoms with Crippen LogP contribution in [0.3, 0.4) is 0 Å². The molecule has 0 aromatic heterocycles. The van der Waals surface area contributed by atoms with Gasteiger partial charge in [-0.1, -0.05) is 42.5 Å². The van der Waals surface area contributed by atoms with E-state index in [9.17, 15) is 4.79 Å². The number of piperazine rings is 1. The van der Waals surface area contributed by atoms with Crippen molar-refractivity contribution in [3.63, 3.8) is 0 Å². The van der Waals surface area contributed by atoms with Crippen molar-refractivity contribution in [3.05, 3.63) is 71.3 Å². The molecule has 0 saturated carbocycles. The summed E-state index contributed by atoms with van der Waals surface area (Å²) in [5.74, 6) is 0.0900. The van der Waals surface area contributed by atoms with E-state index in [1.807, 2.05) is 42.2 Å². The second-order valence-corrected chi connectivity index (χ2v) is 8.33. The number of hydrogen-bond acceptors (Lipinski definition) is 4. The Labute approximate surface area is 173 Å². The molecule has 2 heterocycles. The Balaban J connectivity index is 1.39. The minimum Gasteiger partial charge on any atom is -0.367 e. The Morgan fingerprint density at radius 3 is 2.34 bits per heavy atom. The molecule has 0 unspecified atom stereocenters. The van der Waals surface area contributed by atoms with E-state index < -0.39 is 0 Å². The summed E-state index contributed by atoms with van der Waals surface area (Å²) in [5.41, 5.74) is 3.15. The largest absolute Gasteiger partial charge is 0.367 e. The van der Waals surface area contributed by atoms with Gasteiger partial charge in [0.25, 0.3) is 5.91 Å². The fourth-order valence-corrected chi connectivity index (χ4v) is 4.17. The first-order valence-electron chi connectivity index (χ1n) is 10.6. The van der Waals surface area contributed by atoms with Crippen LogP contribution < -0.4 is 0 Å². The number of likely N-dealkylation sites (N-methyl/N-ethyl adjacent to an activating group) is 1. The third-order valence-electron chi connectivity index (χ3n) is 5.92. The molecule has 0 radical (unpaired) electrons. The number of carbonyl (C=O) groups is 1. The first-order chi connectivity index (χ1) is 14.1. The zero-order valence-electron chi connectivity index (χ0n) is 17.5. The van der Waals surface area contributed by atoms with E-state index in [1.54, 1.807) is 0 Å². The van der Waals surface area contributed by atoms with Crippen LogP contribution in [0.5, 0.6) is 0 Å². The summed E-state index contributed by atoms with van der Waals surface area (Å²) in [6.07, 6.45) is -0.0465. The maximum absolute atomic E-state index is 13.1. The molecular formula is C24H31N3O2. The van der Waals surface area contributed by atoms with Gasteiger partial charge in [-0.3, -0.25) is 9.69 Å². The van der Waals surface area contributed by atoms with Crippen LogP contribution in [0.15, 0.2) is 54.6 Å². The molecule has 2 aliphatic rings. The van der Waals surface area contributed by atoms with E-state index in [1.165, 1.54) is 5.56 Å². The molecule has 2 aliphatic heterocycles. The Bertz CT molecular complexity index is 801. The predicted molar refractivity (Wildman–Crippen MR) is 115 cm³/mol. The summed E-state index contributed by atoms with van der Waals surface area (Å²) in [5, 5.41) is 0. The Hall–Kier alpha value is -2.21. The minimum absolute atomic E-state index is 0.0226. The van der Waals surface area contributed by atoms with Gasteiger partial charge in [-0.15, -0.1) is 0 Å². The van der Waals surface area contributed by atoms with Crippen LogP contribution in [0.4, 0.5) is 0 Å². The molecule has 154 valence electrons. The first kappa shape index (κ1) is 20.1. The molecule has 0 aliphatic carbocycles. The van der Waals surface area contributed by atoms with Crippen molar-refractivity contribution in [2.45, 2.75) is 25.7 Å². The molecule has 2 saturated heterocycles. The van der Waals surface area contributed by atoms with E-state index in [0.29, 0.717) is 13.1 Å². The van der Waals surface area contributed by atoms with Crippen molar-refractivity contribution in [3.8, 4) is 0 Å². The van der Waals surface area contributed by atoms with E-state index in [2.05, 4.69) is 41.1 Å². The number of morpholine rings is 1. The minimum atomic E-state index is -0.0691. The summed E-state index contributed by atoms with van der Waals surface area (Å²) >= 11 is 0. The fourth-order valence-electron chi connectivity index (χ4n) is 4.17. The lowest BCUT2D eigenvalue weighted by atomic mass is 10.0. The number of carbonyl (C=O) groups excluding carboxylic acids is 1. The highest BCUT2D eigenvalue weighted by Gasteiger charge is 2.29. The molecule has 2 aromatic rings. The second kappa shape index (κ2) is 9.08. The topological polar surface area (TPSA) is 36.0 Å². The van der Waals surface area contributed by atoms with Gasteiger partial charge in [0.15, 0.2) is 0 Å². The lowest BCUT2D eigenvalue weighted by Crippen LogP contribution is -2.46. The number of rotatable bonds is 4. The van der Waals surface area contributed by atoms with E-state index in [0.717, 1.165) is 43.9 Å². The summed E-state index contributed by atoms with van der Waals surface area (Å²) < 4.78 is 6.10. The molecular weight excluding hydrogens is 362 g/mol. The highest BCUT2D eigenvalue weighted by atomic mass is 16.5. The summed E-state index contributed by atoms with van der Waals surface area (Å²) in [7, 11) is 2.17. The van der Waals surface area contributed by atoms with Gasteiger partial charge in [0.05, 0.1) is 12.6 Å². The normalized spacial score (nSPS) is 23.9. The van der Waals surface area contributed by atoms with Crippen LogP contribution >= 0.6 is 0 Å². The lowest BCUT2D eigenvalue weighted by molar-refractivity contribution is -0.0691. The van der Waals surface area contributed by atoms with Gasteiger partial charge in [-0.05, 0) is 37.2 Å². The maximum Gasteiger partial charge on any atom is 0.254 e. The highest BCUT2D eigenvalue weighted by molar-refractivity contribution is 5.94. The molecule has 5 nitrogen and oxygen atoms in total. The van der Waals surface area contributed by atoms with Crippen molar-refractivity contribution >= 4 is 5.91 Å². The van der Waals surface area contributed by atoms with Crippen LogP contribution in [-0.4, -0.2) is 73.0 Å². The molecule has 0 bridgehead atoms. The zero-order chi connectivity index (χ0) is 20.2. The van der Waals surface area contributed by atoms with Crippen molar-refractivity contribution in [1.82, 2.24) is 14.7 Å². The van der Waals surface area contributed by atoms with Crippen molar-refractivity contribution in [2.75, 3.05) is 46.3 Å². The Morgan fingerprint density at radius 1 is 0.966 bits per heavy atom. The molecule has 0 spiro atoms. The van der Waals surface area contributed by atoms with Gasteiger partial charge in [-0.25, -0.2) is 0 Å². The molecule has 1 amide bonds. The molecule has 29 heavy (non-hydrogen) atoms. The van der Waals surface area contributed by atoms with Gasteiger partial charge in [0.1, 0.15) is 6.10 Å². The summed E-state index contributed by atoms with van der Waals surface area (Å²) in [6, 6.07) is 18.3. The number of nitrogens with zero attached hydrogens (tertiary/aromatic N) is 3. The average molecular weight is 394 g/mol. The number of amides is 1. The van der Waals surface area contributed by atoms with Crippen LogP contribution in [0.1, 0.15) is 34.5 Å². The maximum atomic E-state index is 13.1. The number of benzene rings is 2. The molecule has 5 heteroatoms. The van der Waals surface area contributed by atoms with Gasteiger partial charge in [0.2, 0.25) is 0 Å². The molecule has 2 fully saturated rings. The van der Waals surface area contributed by atoms with Gasteiger partial charge in [-0.2, -0.15) is 0 Å². The molecule has 2 atom stereocenters. The number of ether oxygens (including phenoxy) is 1. The van der Waals surface area contributed by atoms with Crippen molar-refractivity contribution in [1.29, 1.82) is 0 Å². The number of hydrogen-bond donors (Lipinski definition) is 0. The smallest absolute Gasteiger partial charge is 0.254 e. The highest BCUT2D eigenvalue weighted by Crippen LogP contribution is 2.26. The Morgan fingerprint density at radius 2 is 1.66 bits per heavy atom. The summed E-state index contributed by atoms with van der Waals surface area (Å²) in [4.78, 5) is 19.9. The molecule has 0 N–H and O–H groups in total. The predicted octanol–water partition coefficient (Wildman–Crippen LogP) is 3.04. The van der Waals surface area contributed by atoms with E-state index in [4.69, 9.17) is 4.74 Å². The Kier molecular flexibility index (Phi) is 6.28. The lowest BCUT2D eigenvalue weighted by Gasteiger charge is -2.37. The molecule has 2 aromatic carbocycles. The van der Waals surface area contributed by atoms with Gasteiger partial charge in [0, 0.05) is 44.8 Å². The van der Waals surface area contributed by atoms with Gasteiger partial charge >= 0.3 is 0 Å². The standard InChI is InChI=1S/C24H31N3O2/c1-19-16-27(18-23(29-19)21-6-4-3-5-7-21)24(28)22-10-8-20(9-11-22)17-26-14-12-25(2)13-15-26/h3-11,19,23H,12-18H2,1-2H3/t19-,23+/m1/s1. The fraction of sp³-hybridized carbons (Fsp3) is 0.458. The third kappa shape index (κ3) is 5.04. The van der Waals surface area contributed by atoms with Crippen molar-refractivity contribution < 1.29 is 9.53 Å².